The van der Waals surface area contributed by atoms with Crippen molar-refractivity contribution in [3.8, 4) is 11.9 Å². The number of sulfone groups is 1. The fourth-order valence-electron chi connectivity index (χ4n) is 3.46. The van der Waals surface area contributed by atoms with E-state index in [1.54, 1.807) is 31.2 Å². The van der Waals surface area contributed by atoms with Gasteiger partial charge < -0.3 is 14.6 Å². The first-order chi connectivity index (χ1) is 16.6. The van der Waals surface area contributed by atoms with Crippen LogP contribution in [0, 0.1) is 17.1 Å². The van der Waals surface area contributed by atoms with Crippen molar-refractivity contribution < 1.29 is 27.4 Å². The zero-order valence-corrected chi connectivity index (χ0v) is 21.1. The number of halogens is 2. The Kier molecular flexibility index (Phi) is 8.39. The third kappa shape index (κ3) is 5.43. The Morgan fingerprint density at radius 2 is 2.03 bits per heavy atom. The van der Waals surface area contributed by atoms with Gasteiger partial charge in [-0.3, -0.25) is 9.36 Å². The Morgan fingerprint density at radius 1 is 1.29 bits per heavy atom. The molecule has 0 amide bonds. The normalized spacial score (nSPS) is 12.3. The Labute approximate surface area is 209 Å². The second-order valence-corrected chi connectivity index (χ2v) is 10.0. The second-order valence-electron chi connectivity index (χ2n) is 7.28. The Bertz CT molecular complexity index is 1450. The molecule has 1 N–H and O–H groups in total. The van der Waals surface area contributed by atoms with Gasteiger partial charge in [0.05, 0.1) is 33.6 Å². The number of hydrogen-bond acceptors (Lipinski definition) is 8. The number of aromatic hydroxyl groups is 1. The summed E-state index contributed by atoms with van der Waals surface area (Å²) >= 11 is 2.95. The molecule has 12 heteroatoms. The molecule has 3 aromatic rings. The largest absolute Gasteiger partial charge is 0.493 e. The van der Waals surface area contributed by atoms with E-state index in [4.69, 9.17) is 9.47 Å². The van der Waals surface area contributed by atoms with Crippen LogP contribution in [0.3, 0.4) is 0 Å². The molecule has 0 saturated carbocycles. The molecular formula is C23H21BrFN3O6S. The molecule has 0 aliphatic carbocycles. The third-order valence-electron chi connectivity index (χ3n) is 5.08. The molecule has 35 heavy (non-hydrogen) atoms. The van der Waals surface area contributed by atoms with Crippen LogP contribution in [0.2, 0.25) is 0 Å². The lowest BCUT2D eigenvalue weighted by atomic mass is 10.0. The van der Waals surface area contributed by atoms with Gasteiger partial charge >= 0.3 is 0 Å². The fraction of sp³-hybridized carbons (Fsp3) is 0.261. The molecule has 2 aromatic carbocycles. The van der Waals surface area contributed by atoms with Crippen LogP contribution in [0.4, 0.5) is 4.39 Å². The molecule has 0 aliphatic heterocycles. The maximum atomic E-state index is 14.1. The number of nitrogens with zero attached hydrogens (tertiary/aromatic N) is 3. The number of rotatable bonds is 9. The van der Waals surface area contributed by atoms with Gasteiger partial charge in [-0.05, 0) is 58.7 Å². The van der Waals surface area contributed by atoms with Gasteiger partial charge in [0.1, 0.15) is 18.2 Å². The van der Waals surface area contributed by atoms with Gasteiger partial charge in [-0.15, -0.1) is 0 Å². The summed E-state index contributed by atoms with van der Waals surface area (Å²) < 4.78 is 52.6. The van der Waals surface area contributed by atoms with E-state index in [1.807, 2.05) is 6.07 Å². The molecule has 0 aliphatic rings. The van der Waals surface area contributed by atoms with Gasteiger partial charge in [-0.2, -0.15) is 10.2 Å². The number of aromatic nitrogens is 2. The van der Waals surface area contributed by atoms with Crippen molar-refractivity contribution in [1.82, 2.24) is 9.55 Å². The zero-order chi connectivity index (χ0) is 25.8. The second kappa shape index (κ2) is 11.1. The van der Waals surface area contributed by atoms with Crippen LogP contribution in [-0.4, -0.2) is 43.4 Å². The third-order valence-corrected chi connectivity index (χ3v) is 7.49. The molecule has 0 saturated heterocycles. The first kappa shape index (κ1) is 26.5. The summed E-state index contributed by atoms with van der Waals surface area (Å²) in [6.45, 7) is 1.68. The van der Waals surface area contributed by atoms with Crippen LogP contribution in [0.15, 0.2) is 61.5 Å². The van der Waals surface area contributed by atoms with Gasteiger partial charge in [-0.25, -0.2) is 12.8 Å². The van der Waals surface area contributed by atoms with Crippen LogP contribution in [0.5, 0.6) is 5.88 Å². The minimum Gasteiger partial charge on any atom is -0.493 e. The van der Waals surface area contributed by atoms with Gasteiger partial charge in [0.2, 0.25) is 15.7 Å². The van der Waals surface area contributed by atoms with Crippen molar-refractivity contribution in [2.24, 2.45) is 0 Å². The summed E-state index contributed by atoms with van der Waals surface area (Å²) in [5, 5.41) is 20.5. The molecule has 9 nitrogen and oxygen atoms in total. The first-order valence-corrected chi connectivity index (χ1v) is 12.5. The molecule has 1 heterocycles. The molecule has 0 bridgehead atoms. The zero-order valence-electron chi connectivity index (χ0n) is 18.7. The van der Waals surface area contributed by atoms with E-state index in [9.17, 15) is 28.0 Å². The number of methoxy groups -OCH3 is 1. The maximum Gasteiger partial charge on any atom is 0.296 e. The average molecular weight is 566 g/mol. The average Bonchev–Trinajstić information content (AvgIpc) is 2.83. The van der Waals surface area contributed by atoms with Crippen molar-refractivity contribution in [2.45, 2.75) is 29.4 Å². The van der Waals surface area contributed by atoms with Crippen molar-refractivity contribution >= 4 is 25.8 Å². The van der Waals surface area contributed by atoms with Crippen LogP contribution in [-0.2, 0) is 25.9 Å². The molecule has 184 valence electrons. The van der Waals surface area contributed by atoms with E-state index in [1.165, 1.54) is 13.2 Å². The minimum atomic E-state index is -4.68. The van der Waals surface area contributed by atoms with E-state index in [0.717, 1.165) is 16.7 Å². The highest BCUT2D eigenvalue weighted by molar-refractivity contribution is 9.10. The van der Waals surface area contributed by atoms with Crippen molar-refractivity contribution in [2.75, 3.05) is 20.3 Å². The van der Waals surface area contributed by atoms with Crippen molar-refractivity contribution in [3.05, 3.63) is 80.1 Å². The highest BCUT2D eigenvalue weighted by Gasteiger charge is 2.33. The lowest BCUT2D eigenvalue weighted by Crippen LogP contribution is -2.29. The predicted octanol–water partition coefficient (Wildman–Crippen LogP) is 3.33. The number of hydrogen-bond donors (Lipinski definition) is 1. The van der Waals surface area contributed by atoms with Crippen LogP contribution in [0.1, 0.15) is 29.9 Å². The minimum absolute atomic E-state index is 0.0285. The Balaban J connectivity index is 2.33. The molecule has 0 spiro atoms. The van der Waals surface area contributed by atoms with E-state index >= 15 is 0 Å². The predicted molar refractivity (Wildman–Crippen MR) is 126 cm³/mol. The van der Waals surface area contributed by atoms with Gasteiger partial charge in [0, 0.05) is 13.7 Å². The monoisotopic (exact) mass is 565 g/mol. The van der Waals surface area contributed by atoms with Crippen LogP contribution < -0.4 is 5.56 Å². The SMILES string of the molecule is CCOCc1nc(=O)c(S(=O)(=O)c2ccc(Br)c(F)c2)c(O)n1[C@@H](COC)c1cccc(C#N)c1. The fourth-order valence-corrected chi connectivity index (χ4v) is 5.06. The summed E-state index contributed by atoms with van der Waals surface area (Å²) in [4.78, 5) is 15.2. The number of ether oxygens (including phenoxy) is 2. The number of benzene rings is 2. The van der Waals surface area contributed by atoms with Gasteiger partial charge in [0.15, 0.2) is 4.90 Å². The molecule has 1 atom stereocenters. The molecule has 3 rings (SSSR count). The van der Waals surface area contributed by atoms with E-state index in [2.05, 4.69) is 20.9 Å². The molecule has 0 radical (unpaired) electrons. The molecular weight excluding hydrogens is 545 g/mol. The Hall–Kier alpha value is -3.11. The smallest absolute Gasteiger partial charge is 0.296 e. The molecule has 1 aromatic heterocycles. The standard InChI is InChI=1S/C23H21BrFN3O6S/c1-3-34-13-20-27-22(29)21(35(31,32)16-7-8-17(24)18(25)10-16)23(30)28(20)19(12-33-2)15-6-4-5-14(9-15)11-26/h4-10,19,30H,3,12-13H2,1-2H3/t19-/m0/s1. The topological polar surface area (TPSA) is 132 Å². The highest BCUT2D eigenvalue weighted by Crippen LogP contribution is 2.33. The number of nitriles is 1. The summed E-state index contributed by atoms with van der Waals surface area (Å²) in [6, 6.07) is 10.5. The van der Waals surface area contributed by atoms with Crippen molar-refractivity contribution in [1.29, 1.82) is 5.26 Å². The van der Waals surface area contributed by atoms with Gasteiger partial charge in [0.25, 0.3) is 5.56 Å². The lowest BCUT2D eigenvalue weighted by molar-refractivity contribution is 0.114. The van der Waals surface area contributed by atoms with Gasteiger partial charge in [-0.1, -0.05) is 12.1 Å². The quantitative estimate of drug-likeness (QED) is 0.418. The molecule has 0 unspecified atom stereocenters. The first-order valence-electron chi connectivity index (χ1n) is 10.3. The molecule has 0 fully saturated rings. The maximum absolute atomic E-state index is 14.1. The van der Waals surface area contributed by atoms with E-state index < -0.39 is 42.9 Å². The highest BCUT2D eigenvalue weighted by atomic mass is 79.9. The van der Waals surface area contributed by atoms with Crippen molar-refractivity contribution in [3.63, 3.8) is 0 Å². The van der Waals surface area contributed by atoms with E-state index in [-0.39, 0.29) is 30.1 Å². The Morgan fingerprint density at radius 3 is 2.66 bits per heavy atom. The van der Waals surface area contributed by atoms with E-state index in [0.29, 0.717) is 11.1 Å². The summed E-state index contributed by atoms with van der Waals surface area (Å²) in [7, 11) is -3.28. The van der Waals surface area contributed by atoms with Crippen LogP contribution >= 0.6 is 15.9 Å². The lowest BCUT2D eigenvalue weighted by Gasteiger charge is -2.25. The summed E-state index contributed by atoms with van der Waals surface area (Å²) in [5.41, 5.74) is -0.414. The summed E-state index contributed by atoms with van der Waals surface area (Å²) in [6.07, 6.45) is 0. The van der Waals surface area contributed by atoms with Crippen LogP contribution in [0.25, 0.3) is 0 Å². The summed E-state index contributed by atoms with van der Waals surface area (Å²) in [5.74, 6) is -1.83.